The zero-order valence-electron chi connectivity index (χ0n) is 15.7. The molecule has 0 unspecified atom stereocenters. The van der Waals surface area contributed by atoms with E-state index in [0.29, 0.717) is 27.6 Å². The van der Waals surface area contributed by atoms with E-state index < -0.39 is 5.91 Å². The number of aryl methyl sites for hydroxylation is 1. The number of thiophene rings is 1. The molecule has 0 saturated carbocycles. The van der Waals surface area contributed by atoms with Crippen LogP contribution in [0.3, 0.4) is 0 Å². The summed E-state index contributed by atoms with van der Waals surface area (Å²) in [5.74, 6) is 0.532. The molecule has 1 aromatic heterocycles. The standard InChI is InChI=1S/C21H19N3O3S/c1-26-17-8-7-13(10-18(17)27-2)9-14(11-22)20(25)24-21-16(12-23)15-5-3-4-6-19(15)28-21/h7-10H,3-6H2,1-2H3,(H,24,25)/b14-9+. The number of hydrogen-bond donors (Lipinski definition) is 1. The van der Waals surface area contributed by atoms with Crippen molar-refractivity contribution in [2.45, 2.75) is 25.7 Å². The topological polar surface area (TPSA) is 95.1 Å². The first-order valence-electron chi connectivity index (χ1n) is 8.81. The first kappa shape index (κ1) is 19.5. The molecule has 1 aliphatic carbocycles. The Balaban J connectivity index is 1.87. The van der Waals surface area contributed by atoms with E-state index in [9.17, 15) is 15.3 Å². The van der Waals surface area contributed by atoms with Gasteiger partial charge in [-0.15, -0.1) is 11.3 Å². The third kappa shape index (κ3) is 3.85. The SMILES string of the molecule is COc1ccc(/C=C(\C#N)C(=O)Nc2sc3c(c2C#N)CCCC3)cc1OC. The lowest BCUT2D eigenvalue weighted by Gasteiger charge is -2.09. The summed E-state index contributed by atoms with van der Waals surface area (Å²) in [6.45, 7) is 0. The highest BCUT2D eigenvalue weighted by molar-refractivity contribution is 7.16. The summed E-state index contributed by atoms with van der Waals surface area (Å²) in [6, 6.07) is 9.27. The van der Waals surface area contributed by atoms with E-state index in [1.807, 2.05) is 6.07 Å². The van der Waals surface area contributed by atoms with Crippen LogP contribution < -0.4 is 14.8 Å². The minimum atomic E-state index is -0.535. The van der Waals surface area contributed by atoms with E-state index >= 15 is 0 Å². The third-order valence-corrected chi connectivity index (χ3v) is 5.80. The average Bonchev–Trinajstić information content (AvgIpc) is 3.08. The highest BCUT2D eigenvalue weighted by atomic mass is 32.1. The monoisotopic (exact) mass is 393 g/mol. The number of benzene rings is 1. The molecule has 7 heteroatoms. The Morgan fingerprint density at radius 1 is 1.18 bits per heavy atom. The number of nitrogens with one attached hydrogen (secondary N) is 1. The van der Waals surface area contributed by atoms with Gasteiger partial charge in [0, 0.05) is 4.88 Å². The lowest BCUT2D eigenvalue weighted by molar-refractivity contribution is -0.112. The maximum absolute atomic E-state index is 12.6. The molecule has 3 rings (SSSR count). The number of carbonyl (C=O) groups is 1. The van der Waals surface area contributed by atoms with E-state index in [1.165, 1.54) is 31.6 Å². The molecule has 0 aliphatic heterocycles. The van der Waals surface area contributed by atoms with Crippen molar-refractivity contribution in [2.24, 2.45) is 0 Å². The molecule has 0 atom stereocenters. The normalized spacial score (nSPS) is 13.1. The van der Waals surface area contributed by atoms with Crippen LogP contribution in [0.2, 0.25) is 0 Å². The number of hydrogen-bond acceptors (Lipinski definition) is 6. The molecule has 1 aromatic carbocycles. The summed E-state index contributed by atoms with van der Waals surface area (Å²) < 4.78 is 10.4. The first-order chi connectivity index (χ1) is 13.6. The fourth-order valence-corrected chi connectivity index (χ4v) is 4.44. The van der Waals surface area contributed by atoms with Crippen molar-refractivity contribution in [3.8, 4) is 23.6 Å². The molecule has 1 heterocycles. The van der Waals surface area contributed by atoms with Crippen molar-refractivity contribution < 1.29 is 14.3 Å². The van der Waals surface area contributed by atoms with Crippen molar-refractivity contribution in [1.29, 1.82) is 10.5 Å². The summed E-state index contributed by atoms with van der Waals surface area (Å²) in [6.07, 6.45) is 5.41. The second kappa shape index (κ2) is 8.60. The Labute approximate surface area is 167 Å². The molecule has 1 amide bonds. The summed E-state index contributed by atoms with van der Waals surface area (Å²) in [5.41, 5.74) is 2.14. The smallest absolute Gasteiger partial charge is 0.266 e. The van der Waals surface area contributed by atoms with E-state index in [4.69, 9.17) is 9.47 Å². The molecule has 0 saturated heterocycles. The van der Waals surface area contributed by atoms with E-state index in [0.717, 1.165) is 36.1 Å². The molecule has 0 bridgehead atoms. The predicted octanol–water partition coefficient (Wildman–Crippen LogP) is 4.06. The van der Waals surface area contributed by atoms with Crippen LogP contribution in [-0.2, 0) is 17.6 Å². The lowest BCUT2D eigenvalue weighted by atomic mass is 9.96. The molecule has 0 fully saturated rings. The molecule has 1 aliphatic rings. The highest BCUT2D eigenvalue weighted by Gasteiger charge is 2.22. The van der Waals surface area contributed by atoms with Crippen LogP contribution in [0.1, 0.15) is 34.4 Å². The van der Waals surface area contributed by atoms with Crippen LogP contribution in [0.4, 0.5) is 5.00 Å². The number of rotatable bonds is 5. The summed E-state index contributed by atoms with van der Waals surface area (Å²) in [7, 11) is 3.06. The number of ether oxygens (including phenoxy) is 2. The summed E-state index contributed by atoms with van der Waals surface area (Å²) in [4.78, 5) is 13.8. The van der Waals surface area contributed by atoms with E-state index in [-0.39, 0.29) is 5.57 Å². The van der Waals surface area contributed by atoms with Crippen LogP contribution >= 0.6 is 11.3 Å². The van der Waals surface area contributed by atoms with Crippen LogP contribution in [-0.4, -0.2) is 20.1 Å². The molecule has 2 aromatic rings. The highest BCUT2D eigenvalue weighted by Crippen LogP contribution is 2.37. The number of nitrogens with zero attached hydrogens (tertiary/aromatic N) is 2. The molecule has 1 N–H and O–H groups in total. The molecule has 142 valence electrons. The Morgan fingerprint density at radius 3 is 2.61 bits per heavy atom. The fraction of sp³-hybridized carbons (Fsp3) is 0.286. The predicted molar refractivity (Wildman–Crippen MR) is 107 cm³/mol. The van der Waals surface area contributed by atoms with Crippen LogP contribution in [0.25, 0.3) is 6.08 Å². The molecular formula is C21H19N3O3S. The number of amides is 1. The van der Waals surface area contributed by atoms with Crippen molar-refractivity contribution >= 4 is 28.3 Å². The van der Waals surface area contributed by atoms with Gasteiger partial charge in [0.1, 0.15) is 22.7 Å². The van der Waals surface area contributed by atoms with E-state index in [2.05, 4.69) is 11.4 Å². The van der Waals surface area contributed by atoms with Crippen LogP contribution in [0.15, 0.2) is 23.8 Å². The molecule has 28 heavy (non-hydrogen) atoms. The second-order valence-corrected chi connectivity index (χ2v) is 7.37. The van der Waals surface area contributed by atoms with Crippen molar-refractivity contribution in [3.63, 3.8) is 0 Å². The maximum atomic E-state index is 12.6. The molecule has 6 nitrogen and oxygen atoms in total. The number of nitriles is 2. The van der Waals surface area contributed by atoms with Gasteiger partial charge in [0.15, 0.2) is 11.5 Å². The van der Waals surface area contributed by atoms with Gasteiger partial charge >= 0.3 is 0 Å². The Hall–Kier alpha value is -3.29. The molecular weight excluding hydrogens is 374 g/mol. The Kier molecular flexibility index (Phi) is 5.98. The number of anilines is 1. The van der Waals surface area contributed by atoms with E-state index in [1.54, 1.807) is 18.2 Å². The van der Waals surface area contributed by atoms with Crippen molar-refractivity contribution in [2.75, 3.05) is 19.5 Å². The number of methoxy groups -OCH3 is 2. The zero-order valence-corrected chi connectivity index (χ0v) is 16.5. The quantitative estimate of drug-likeness (QED) is 0.610. The van der Waals surface area contributed by atoms with Gasteiger partial charge < -0.3 is 14.8 Å². The molecule has 0 radical (unpaired) electrons. The van der Waals surface area contributed by atoms with Gasteiger partial charge in [-0.05, 0) is 55.0 Å². The fourth-order valence-electron chi connectivity index (χ4n) is 3.20. The van der Waals surface area contributed by atoms with Gasteiger partial charge in [-0.25, -0.2) is 0 Å². The largest absolute Gasteiger partial charge is 0.493 e. The maximum Gasteiger partial charge on any atom is 0.266 e. The molecule has 0 spiro atoms. The van der Waals surface area contributed by atoms with Crippen molar-refractivity contribution in [1.82, 2.24) is 0 Å². The average molecular weight is 393 g/mol. The first-order valence-corrected chi connectivity index (χ1v) is 9.62. The van der Waals surface area contributed by atoms with Gasteiger partial charge in [-0.3, -0.25) is 4.79 Å². The van der Waals surface area contributed by atoms with Gasteiger partial charge in [-0.2, -0.15) is 10.5 Å². The van der Waals surface area contributed by atoms with Gasteiger partial charge in [-0.1, -0.05) is 6.07 Å². The summed E-state index contributed by atoms with van der Waals surface area (Å²) in [5, 5.41) is 22.2. The number of fused-ring (bicyclic) bond motifs is 1. The van der Waals surface area contributed by atoms with Crippen molar-refractivity contribution in [3.05, 3.63) is 45.3 Å². The van der Waals surface area contributed by atoms with Crippen LogP contribution in [0.5, 0.6) is 11.5 Å². The lowest BCUT2D eigenvalue weighted by Crippen LogP contribution is -2.13. The zero-order chi connectivity index (χ0) is 20.1. The number of carbonyl (C=O) groups excluding carboxylic acids is 1. The minimum absolute atomic E-state index is 0.0533. The second-order valence-electron chi connectivity index (χ2n) is 6.27. The van der Waals surface area contributed by atoms with Gasteiger partial charge in [0.05, 0.1) is 19.8 Å². The Morgan fingerprint density at radius 2 is 1.93 bits per heavy atom. The Bertz CT molecular complexity index is 1020. The third-order valence-electron chi connectivity index (χ3n) is 4.59. The summed E-state index contributed by atoms with van der Waals surface area (Å²) >= 11 is 1.43. The van der Waals surface area contributed by atoms with Gasteiger partial charge in [0.2, 0.25) is 0 Å². The minimum Gasteiger partial charge on any atom is -0.493 e. The van der Waals surface area contributed by atoms with Crippen LogP contribution in [0, 0.1) is 22.7 Å². The van der Waals surface area contributed by atoms with Gasteiger partial charge in [0.25, 0.3) is 5.91 Å².